The molecule has 0 amide bonds. The van der Waals surface area contributed by atoms with Crippen LogP contribution < -0.4 is 10.7 Å². The molecule has 0 bridgehead atoms. The van der Waals surface area contributed by atoms with Crippen LogP contribution in [-0.4, -0.2) is 51.3 Å². The molecule has 118 valence electrons. The summed E-state index contributed by atoms with van der Waals surface area (Å²) in [6.45, 7) is 2.58. The molecule has 8 nitrogen and oxygen atoms in total. The maximum absolute atomic E-state index is 12.5. The minimum atomic E-state index is -0.475. The lowest BCUT2D eigenvalue weighted by atomic mass is 10.1. The average Bonchev–Trinajstić information content (AvgIpc) is 3.06. The van der Waals surface area contributed by atoms with Gasteiger partial charge in [-0.05, 0) is 11.6 Å². The number of nitrogens with zero attached hydrogens (tertiary/aromatic N) is 5. The van der Waals surface area contributed by atoms with E-state index in [2.05, 4.69) is 9.97 Å². The van der Waals surface area contributed by atoms with Crippen LogP contribution in [0.3, 0.4) is 0 Å². The zero-order chi connectivity index (χ0) is 15.3. The Balaban J connectivity index is 1.71. The first-order chi connectivity index (χ1) is 10.6. The summed E-state index contributed by atoms with van der Waals surface area (Å²) in [6, 6.07) is 0. The maximum Gasteiger partial charge on any atom is 0.349 e. The summed E-state index contributed by atoms with van der Waals surface area (Å²) < 4.78 is 14.5. The Morgan fingerprint density at radius 2 is 1.95 bits per heavy atom. The van der Waals surface area contributed by atoms with Crippen molar-refractivity contribution in [2.24, 2.45) is 7.05 Å². The minimum Gasteiger partial charge on any atom is -0.347 e. The van der Waals surface area contributed by atoms with E-state index in [9.17, 15) is 4.79 Å². The van der Waals surface area contributed by atoms with Crippen molar-refractivity contribution in [3.05, 3.63) is 22.0 Å². The second kappa shape index (κ2) is 4.94. The molecule has 0 N–H and O–H groups in total. The van der Waals surface area contributed by atoms with Gasteiger partial charge in [-0.25, -0.2) is 9.78 Å². The fourth-order valence-electron chi connectivity index (χ4n) is 3.15. The molecule has 1 spiro atoms. The summed E-state index contributed by atoms with van der Waals surface area (Å²) in [7, 11) is 1.70. The molecular formula is C13H16ClN5O3. The number of aromatic nitrogens is 4. The van der Waals surface area contributed by atoms with Crippen LogP contribution in [-0.2, 0) is 16.5 Å². The van der Waals surface area contributed by atoms with Crippen molar-refractivity contribution in [3.63, 3.8) is 0 Å². The highest BCUT2D eigenvalue weighted by molar-refractivity contribution is 6.28. The molecule has 2 saturated heterocycles. The third-order valence-corrected chi connectivity index (χ3v) is 4.53. The first kappa shape index (κ1) is 14.0. The van der Waals surface area contributed by atoms with E-state index in [4.69, 9.17) is 21.1 Å². The van der Waals surface area contributed by atoms with Crippen LogP contribution in [0.5, 0.6) is 0 Å². The van der Waals surface area contributed by atoms with Crippen LogP contribution in [0.15, 0.2) is 11.0 Å². The highest BCUT2D eigenvalue weighted by atomic mass is 35.5. The number of piperidine rings is 1. The van der Waals surface area contributed by atoms with Crippen LogP contribution in [0.25, 0.3) is 11.2 Å². The second-order valence-corrected chi connectivity index (χ2v) is 5.90. The number of fused-ring (bicyclic) bond motifs is 1. The predicted molar refractivity (Wildman–Crippen MR) is 79.6 cm³/mol. The Labute approximate surface area is 131 Å². The second-order valence-electron chi connectivity index (χ2n) is 5.56. The molecule has 2 aromatic heterocycles. The van der Waals surface area contributed by atoms with Crippen LogP contribution in [0.4, 0.5) is 0 Å². The number of aryl methyl sites for hydroxylation is 1. The molecule has 0 saturated carbocycles. The summed E-state index contributed by atoms with van der Waals surface area (Å²) in [6.07, 6.45) is 3.00. The van der Waals surface area contributed by atoms with Crippen LogP contribution in [0.2, 0.25) is 5.28 Å². The SMILES string of the molecule is Cn1c(=O)n(N2CCC3(CC2)OCCO3)c2nc(Cl)ncc21. The quantitative estimate of drug-likeness (QED) is 0.700. The van der Waals surface area contributed by atoms with E-state index in [0.29, 0.717) is 50.3 Å². The van der Waals surface area contributed by atoms with E-state index in [1.54, 1.807) is 17.9 Å². The van der Waals surface area contributed by atoms with Crippen molar-refractivity contribution >= 4 is 22.8 Å². The van der Waals surface area contributed by atoms with Gasteiger partial charge in [-0.15, -0.1) is 0 Å². The molecule has 4 heterocycles. The molecule has 0 unspecified atom stereocenters. The Kier molecular flexibility index (Phi) is 3.14. The molecular weight excluding hydrogens is 310 g/mol. The van der Waals surface area contributed by atoms with Crippen molar-refractivity contribution in [3.8, 4) is 0 Å². The number of hydrogen-bond acceptors (Lipinski definition) is 6. The molecule has 22 heavy (non-hydrogen) atoms. The van der Waals surface area contributed by atoms with E-state index in [1.807, 2.05) is 5.01 Å². The largest absolute Gasteiger partial charge is 0.349 e. The summed E-state index contributed by atoms with van der Waals surface area (Å²) in [5.74, 6) is -0.475. The van der Waals surface area contributed by atoms with E-state index in [-0.39, 0.29) is 11.0 Å². The van der Waals surface area contributed by atoms with Gasteiger partial charge in [0, 0.05) is 33.0 Å². The molecule has 2 aliphatic heterocycles. The Bertz CT molecular complexity index is 770. The summed E-state index contributed by atoms with van der Waals surface area (Å²) in [5.41, 5.74) is 1.02. The fraction of sp³-hybridized carbons (Fsp3) is 0.615. The number of imidazole rings is 1. The van der Waals surface area contributed by atoms with Gasteiger partial charge in [-0.2, -0.15) is 9.66 Å². The van der Waals surface area contributed by atoms with Crippen molar-refractivity contribution in [2.75, 3.05) is 31.3 Å². The molecule has 9 heteroatoms. The number of rotatable bonds is 1. The third-order valence-electron chi connectivity index (χ3n) is 4.35. The number of ether oxygens (including phenoxy) is 2. The van der Waals surface area contributed by atoms with Gasteiger partial charge in [-0.3, -0.25) is 4.57 Å². The van der Waals surface area contributed by atoms with Crippen molar-refractivity contribution in [1.29, 1.82) is 0 Å². The Morgan fingerprint density at radius 1 is 1.27 bits per heavy atom. The van der Waals surface area contributed by atoms with Crippen LogP contribution >= 0.6 is 11.6 Å². The van der Waals surface area contributed by atoms with Crippen molar-refractivity contribution in [1.82, 2.24) is 19.2 Å². The smallest absolute Gasteiger partial charge is 0.347 e. The molecule has 0 radical (unpaired) electrons. The highest BCUT2D eigenvalue weighted by Crippen LogP contribution is 2.31. The van der Waals surface area contributed by atoms with Gasteiger partial charge in [0.2, 0.25) is 5.28 Å². The molecule has 2 aliphatic rings. The molecule has 2 fully saturated rings. The fourth-order valence-corrected chi connectivity index (χ4v) is 3.28. The first-order valence-electron chi connectivity index (χ1n) is 7.23. The minimum absolute atomic E-state index is 0.128. The van der Waals surface area contributed by atoms with E-state index in [1.165, 1.54) is 4.57 Å². The normalized spacial score (nSPS) is 21.1. The summed E-state index contributed by atoms with van der Waals surface area (Å²) in [5, 5.41) is 2.09. The highest BCUT2D eigenvalue weighted by Gasteiger charge is 2.40. The lowest BCUT2D eigenvalue weighted by Gasteiger charge is -2.38. The molecule has 2 aromatic rings. The van der Waals surface area contributed by atoms with Gasteiger partial charge in [0.1, 0.15) is 5.52 Å². The summed E-state index contributed by atoms with van der Waals surface area (Å²) in [4.78, 5) is 20.7. The van der Waals surface area contributed by atoms with Gasteiger partial charge in [0.25, 0.3) is 0 Å². The van der Waals surface area contributed by atoms with E-state index >= 15 is 0 Å². The topological polar surface area (TPSA) is 74.4 Å². The third kappa shape index (κ3) is 2.02. The van der Waals surface area contributed by atoms with Gasteiger partial charge >= 0.3 is 5.69 Å². The zero-order valence-electron chi connectivity index (χ0n) is 12.2. The molecule has 0 aliphatic carbocycles. The van der Waals surface area contributed by atoms with Crippen molar-refractivity contribution in [2.45, 2.75) is 18.6 Å². The lowest BCUT2D eigenvalue weighted by molar-refractivity contribution is -0.171. The zero-order valence-corrected chi connectivity index (χ0v) is 12.9. The maximum atomic E-state index is 12.5. The monoisotopic (exact) mass is 325 g/mol. The average molecular weight is 326 g/mol. The Morgan fingerprint density at radius 3 is 2.64 bits per heavy atom. The number of halogens is 1. The first-order valence-corrected chi connectivity index (χ1v) is 7.61. The lowest BCUT2D eigenvalue weighted by Crippen LogP contribution is -2.52. The van der Waals surface area contributed by atoms with Gasteiger partial charge in [0.15, 0.2) is 11.4 Å². The predicted octanol–water partition coefficient (Wildman–Crippen LogP) is 0.258. The molecule has 0 atom stereocenters. The van der Waals surface area contributed by atoms with Gasteiger partial charge < -0.3 is 14.5 Å². The van der Waals surface area contributed by atoms with E-state index in [0.717, 1.165) is 0 Å². The van der Waals surface area contributed by atoms with Crippen LogP contribution in [0.1, 0.15) is 12.8 Å². The molecule has 4 rings (SSSR count). The standard InChI is InChI=1S/C13H16ClN5O3/c1-17-9-8-15-11(14)16-10(9)19(12(17)20)18-4-2-13(3-5-18)21-6-7-22-13/h8H,2-7H2,1H3. The van der Waals surface area contributed by atoms with Crippen LogP contribution in [0, 0.1) is 0 Å². The molecule has 0 aromatic carbocycles. The van der Waals surface area contributed by atoms with Crippen molar-refractivity contribution < 1.29 is 9.47 Å². The number of hydrogen-bond donors (Lipinski definition) is 0. The van der Waals surface area contributed by atoms with Gasteiger partial charge in [-0.1, -0.05) is 0 Å². The van der Waals surface area contributed by atoms with Gasteiger partial charge in [0.05, 0.1) is 19.4 Å². The Hall–Kier alpha value is -1.64. The summed E-state index contributed by atoms with van der Waals surface area (Å²) >= 11 is 5.88. The van der Waals surface area contributed by atoms with E-state index < -0.39 is 5.79 Å².